The summed E-state index contributed by atoms with van der Waals surface area (Å²) in [5, 5.41) is 3.43. The summed E-state index contributed by atoms with van der Waals surface area (Å²) in [6.07, 6.45) is 1.28. The molecular weight excluding hydrogens is 314 g/mol. The van der Waals surface area contributed by atoms with Crippen molar-refractivity contribution in [3.63, 3.8) is 0 Å². The highest BCUT2D eigenvalue weighted by atomic mass is 35.5. The summed E-state index contributed by atoms with van der Waals surface area (Å²) in [6.45, 7) is 7.94. The van der Waals surface area contributed by atoms with Crippen molar-refractivity contribution in [2.45, 2.75) is 19.0 Å². The van der Waals surface area contributed by atoms with E-state index in [1.54, 1.807) is 14.2 Å². The van der Waals surface area contributed by atoms with Gasteiger partial charge in [0.15, 0.2) is 0 Å². The van der Waals surface area contributed by atoms with Crippen LogP contribution in [-0.4, -0.2) is 69.3 Å². The molecule has 0 radical (unpaired) electrons. The molecule has 6 heteroatoms. The SMILES string of the molecule is COc1cc(CN2CCC(N3CCNCC3)C2)cc(OC)c1.Cl. The fourth-order valence-corrected chi connectivity index (χ4v) is 3.52. The molecule has 2 fully saturated rings. The molecule has 0 aliphatic carbocycles. The third kappa shape index (κ3) is 4.73. The number of likely N-dealkylation sites (tertiary alicyclic amines) is 1. The molecule has 5 nitrogen and oxygen atoms in total. The molecule has 1 unspecified atom stereocenters. The average Bonchev–Trinajstić information content (AvgIpc) is 3.03. The Morgan fingerprint density at radius 2 is 1.70 bits per heavy atom. The Kier molecular flexibility index (Phi) is 6.96. The topological polar surface area (TPSA) is 37.0 Å². The summed E-state index contributed by atoms with van der Waals surface area (Å²) < 4.78 is 10.7. The van der Waals surface area contributed by atoms with Gasteiger partial charge < -0.3 is 14.8 Å². The quantitative estimate of drug-likeness (QED) is 0.880. The smallest absolute Gasteiger partial charge is 0.122 e. The highest BCUT2D eigenvalue weighted by Gasteiger charge is 2.28. The molecule has 0 saturated carbocycles. The van der Waals surface area contributed by atoms with Gasteiger partial charge in [0.05, 0.1) is 14.2 Å². The zero-order valence-electron chi connectivity index (χ0n) is 14.1. The summed E-state index contributed by atoms with van der Waals surface area (Å²) in [6, 6.07) is 6.87. The van der Waals surface area contributed by atoms with Gasteiger partial charge in [0.25, 0.3) is 0 Å². The van der Waals surface area contributed by atoms with Crippen LogP contribution in [0.3, 0.4) is 0 Å². The van der Waals surface area contributed by atoms with E-state index in [-0.39, 0.29) is 12.4 Å². The molecule has 1 aromatic carbocycles. The van der Waals surface area contributed by atoms with E-state index in [0.717, 1.165) is 37.2 Å². The Labute approximate surface area is 145 Å². The number of hydrogen-bond donors (Lipinski definition) is 1. The lowest BCUT2D eigenvalue weighted by molar-refractivity contribution is 0.170. The van der Waals surface area contributed by atoms with Crippen molar-refractivity contribution in [1.29, 1.82) is 0 Å². The van der Waals surface area contributed by atoms with E-state index in [0.29, 0.717) is 0 Å². The normalized spacial score (nSPS) is 22.6. The van der Waals surface area contributed by atoms with Crippen LogP contribution in [0, 0.1) is 0 Å². The molecule has 1 N–H and O–H groups in total. The van der Waals surface area contributed by atoms with Gasteiger partial charge in [-0.1, -0.05) is 0 Å². The lowest BCUT2D eigenvalue weighted by Crippen LogP contribution is -2.49. The zero-order valence-corrected chi connectivity index (χ0v) is 14.9. The highest BCUT2D eigenvalue weighted by Crippen LogP contribution is 2.25. The van der Waals surface area contributed by atoms with Gasteiger partial charge in [-0.25, -0.2) is 0 Å². The largest absolute Gasteiger partial charge is 0.497 e. The van der Waals surface area contributed by atoms with Crippen LogP contribution in [0.1, 0.15) is 12.0 Å². The first-order chi connectivity index (χ1) is 10.8. The molecule has 2 aliphatic heterocycles. The second kappa shape index (κ2) is 8.73. The standard InChI is InChI=1S/C17H27N3O2.ClH/c1-21-16-9-14(10-17(11-16)22-2)12-19-6-3-15(13-19)20-7-4-18-5-8-20;/h9-11,15,18H,3-8,12-13H2,1-2H3;1H. The second-order valence-electron chi connectivity index (χ2n) is 6.18. The molecule has 1 aromatic rings. The Morgan fingerprint density at radius 3 is 2.30 bits per heavy atom. The number of nitrogens with one attached hydrogen (secondary N) is 1. The summed E-state index contributed by atoms with van der Waals surface area (Å²) in [7, 11) is 3.41. The number of benzene rings is 1. The lowest BCUT2D eigenvalue weighted by Gasteiger charge is -2.32. The monoisotopic (exact) mass is 341 g/mol. The van der Waals surface area contributed by atoms with Gasteiger partial charge in [0, 0.05) is 57.9 Å². The lowest BCUT2D eigenvalue weighted by atomic mass is 10.2. The molecule has 3 rings (SSSR count). The molecule has 0 bridgehead atoms. The van der Waals surface area contributed by atoms with Crippen molar-refractivity contribution in [3.05, 3.63) is 23.8 Å². The molecule has 0 amide bonds. The van der Waals surface area contributed by atoms with Crippen molar-refractivity contribution in [2.24, 2.45) is 0 Å². The van der Waals surface area contributed by atoms with Crippen LogP contribution >= 0.6 is 12.4 Å². The molecular formula is C17H28ClN3O2. The van der Waals surface area contributed by atoms with E-state index < -0.39 is 0 Å². The Hall–Kier alpha value is -1.01. The Morgan fingerprint density at radius 1 is 1.04 bits per heavy atom. The first-order valence-corrected chi connectivity index (χ1v) is 8.17. The molecule has 2 heterocycles. The van der Waals surface area contributed by atoms with Gasteiger partial charge in [0.2, 0.25) is 0 Å². The number of halogens is 1. The van der Waals surface area contributed by atoms with Crippen molar-refractivity contribution in [2.75, 3.05) is 53.5 Å². The van der Waals surface area contributed by atoms with Crippen LogP contribution in [0.15, 0.2) is 18.2 Å². The first-order valence-electron chi connectivity index (χ1n) is 8.17. The minimum absolute atomic E-state index is 0. The van der Waals surface area contributed by atoms with Crippen LogP contribution in [-0.2, 0) is 6.54 Å². The number of piperazine rings is 1. The molecule has 0 aromatic heterocycles. The Bertz CT molecular complexity index is 472. The molecule has 1 atom stereocenters. The zero-order chi connectivity index (χ0) is 15.4. The van der Waals surface area contributed by atoms with Crippen molar-refractivity contribution in [3.8, 4) is 11.5 Å². The third-order valence-corrected chi connectivity index (χ3v) is 4.73. The van der Waals surface area contributed by atoms with Gasteiger partial charge in [0.1, 0.15) is 11.5 Å². The number of methoxy groups -OCH3 is 2. The van der Waals surface area contributed by atoms with Crippen molar-refractivity contribution in [1.82, 2.24) is 15.1 Å². The highest BCUT2D eigenvalue weighted by molar-refractivity contribution is 5.85. The van der Waals surface area contributed by atoms with E-state index >= 15 is 0 Å². The van der Waals surface area contributed by atoms with Crippen LogP contribution in [0.4, 0.5) is 0 Å². The fraction of sp³-hybridized carbons (Fsp3) is 0.647. The van der Waals surface area contributed by atoms with Crippen LogP contribution < -0.4 is 14.8 Å². The molecule has 130 valence electrons. The van der Waals surface area contributed by atoms with E-state index in [9.17, 15) is 0 Å². The third-order valence-electron chi connectivity index (χ3n) is 4.73. The van der Waals surface area contributed by atoms with Gasteiger partial charge in [-0.15, -0.1) is 12.4 Å². The van der Waals surface area contributed by atoms with Gasteiger partial charge in [-0.05, 0) is 24.1 Å². The van der Waals surface area contributed by atoms with Gasteiger partial charge in [-0.3, -0.25) is 9.80 Å². The maximum Gasteiger partial charge on any atom is 0.122 e. The number of rotatable bonds is 5. The molecule has 23 heavy (non-hydrogen) atoms. The summed E-state index contributed by atoms with van der Waals surface area (Å²) in [5.74, 6) is 1.74. The van der Waals surface area contributed by atoms with E-state index in [2.05, 4.69) is 27.2 Å². The number of nitrogens with zero attached hydrogens (tertiary/aromatic N) is 2. The van der Waals surface area contributed by atoms with Crippen LogP contribution in [0.2, 0.25) is 0 Å². The van der Waals surface area contributed by atoms with Gasteiger partial charge >= 0.3 is 0 Å². The summed E-state index contributed by atoms with van der Waals surface area (Å²) in [5.41, 5.74) is 1.26. The second-order valence-corrected chi connectivity index (χ2v) is 6.18. The predicted octanol–water partition coefficient (Wildman–Crippen LogP) is 1.61. The number of ether oxygens (including phenoxy) is 2. The molecule has 0 spiro atoms. The Balaban J connectivity index is 0.00000192. The van der Waals surface area contributed by atoms with Crippen molar-refractivity contribution < 1.29 is 9.47 Å². The van der Waals surface area contributed by atoms with E-state index in [1.807, 2.05) is 6.07 Å². The van der Waals surface area contributed by atoms with E-state index in [1.165, 1.54) is 38.2 Å². The molecule has 2 aliphatic rings. The van der Waals surface area contributed by atoms with E-state index in [4.69, 9.17) is 9.47 Å². The summed E-state index contributed by atoms with van der Waals surface area (Å²) in [4.78, 5) is 5.18. The number of hydrogen-bond acceptors (Lipinski definition) is 5. The predicted molar refractivity (Wildman–Crippen MR) is 94.9 cm³/mol. The summed E-state index contributed by atoms with van der Waals surface area (Å²) >= 11 is 0. The molecule has 2 saturated heterocycles. The van der Waals surface area contributed by atoms with Crippen LogP contribution in [0.25, 0.3) is 0 Å². The maximum absolute atomic E-state index is 5.36. The fourth-order valence-electron chi connectivity index (χ4n) is 3.52. The van der Waals surface area contributed by atoms with Crippen LogP contribution in [0.5, 0.6) is 11.5 Å². The maximum atomic E-state index is 5.36. The van der Waals surface area contributed by atoms with Gasteiger partial charge in [-0.2, -0.15) is 0 Å². The van der Waals surface area contributed by atoms with Crippen molar-refractivity contribution >= 4 is 12.4 Å². The first kappa shape index (κ1) is 18.3. The minimum Gasteiger partial charge on any atom is -0.497 e. The minimum atomic E-state index is 0. The average molecular weight is 342 g/mol.